The summed E-state index contributed by atoms with van der Waals surface area (Å²) in [5.74, 6) is 0. The second-order valence-corrected chi connectivity index (χ2v) is 7.76. The number of aromatic nitrogens is 4. The minimum atomic E-state index is -0.578. The number of carbonyl (C=O) groups excluding carboxylic acids is 1. The molecule has 2 N–H and O–H groups in total. The molecule has 1 aliphatic heterocycles. The highest BCUT2D eigenvalue weighted by atomic mass is 16.6. The first-order chi connectivity index (χ1) is 13.6. The van der Waals surface area contributed by atoms with Crippen LogP contribution in [0, 0.1) is 10.1 Å². The second kappa shape index (κ2) is 7.89. The summed E-state index contributed by atoms with van der Waals surface area (Å²) in [4.78, 5) is 36.6. The van der Waals surface area contributed by atoms with Gasteiger partial charge in [0.15, 0.2) is 0 Å². The van der Waals surface area contributed by atoms with Gasteiger partial charge in [0, 0.05) is 25.2 Å². The number of hydrogen-bond donors (Lipinski definition) is 2. The van der Waals surface area contributed by atoms with Gasteiger partial charge in [-0.3, -0.25) is 10.1 Å². The normalized spacial score (nSPS) is 15.2. The predicted octanol–water partition coefficient (Wildman–Crippen LogP) is 1.36. The molecule has 0 spiro atoms. The first-order valence-corrected chi connectivity index (χ1v) is 9.18. The Kier molecular flexibility index (Phi) is 5.52. The number of nitrogens with one attached hydrogen (secondary N) is 2. The van der Waals surface area contributed by atoms with Gasteiger partial charge in [-0.15, -0.1) is 0 Å². The molecule has 1 aliphatic rings. The molecule has 3 rings (SSSR count). The molecule has 1 amide bonds. The van der Waals surface area contributed by atoms with Gasteiger partial charge in [-0.05, 0) is 56.2 Å². The molecule has 29 heavy (non-hydrogen) atoms. The molecule has 156 valence electrons. The van der Waals surface area contributed by atoms with Gasteiger partial charge in [0.25, 0.3) is 5.69 Å². The molecule has 12 heteroatoms. The Morgan fingerprint density at radius 2 is 2.03 bits per heavy atom. The van der Waals surface area contributed by atoms with E-state index >= 15 is 0 Å². The van der Waals surface area contributed by atoms with Crippen LogP contribution >= 0.6 is 0 Å². The molecule has 0 saturated carbocycles. The molecule has 0 unspecified atom stereocenters. The zero-order valence-corrected chi connectivity index (χ0v) is 16.4. The smallest absolute Gasteiger partial charge is 0.407 e. The Balaban J connectivity index is 1.74. The number of ether oxygens (including phenoxy) is 1. The number of H-pyrrole nitrogens is 1. The lowest BCUT2D eigenvalue weighted by molar-refractivity contribution is -0.384. The molecule has 2 heterocycles. The number of rotatable bonds is 4. The van der Waals surface area contributed by atoms with E-state index in [1.807, 2.05) is 4.90 Å². The maximum absolute atomic E-state index is 11.9. The third-order valence-electron chi connectivity index (χ3n) is 4.43. The van der Waals surface area contributed by atoms with Crippen LogP contribution < -0.4 is 15.9 Å². The largest absolute Gasteiger partial charge is 0.444 e. The number of alkyl carbamates (subject to hydrolysis) is 1. The Bertz CT molecular complexity index is 954. The fourth-order valence-electron chi connectivity index (χ4n) is 3.16. The predicted molar refractivity (Wildman–Crippen MR) is 103 cm³/mol. The highest BCUT2D eigenvalue weighted by Crippen LogP contribution is 2.32. The Hall–Kier alpha value is -3.44. The topological polar surface area (TPSA) is 148 Å². The van der Waals surface area contributed by atoms with Crippen molar-refractivity contribution in [3.8, 4) is 5.69 Å². The van der Waals surface area contributed by atoms with E-state index in [0.717, 1.165) is 4.68 Å². The summed E-state index contributed by atoms with van der Waals surface area (Å²) in [6.45, 7) is 6.38. The molecular formula is C17H23N7O5. The number of amides is 1. The lowest BCUT2D eigenvalue weighted by Gasteiger charge is -2.34. The molecular weight excluding hydrogens is 382 g/mol. The van der Waals surface area contributed by atoms with Gasteiger partial charge in [-0.2, -0.15) is 4.68 Å². The van der Waals surface area contributed by atoms with E-state index in [-0.39, 0.29) is 11.7 Å². The number of piperidine rings is 1. The van der Waals surface area contributed by atoms with Crippen LogP contribution in [0.1, 0.15) is 33.6 Å². The number of carbonyl (C=O) groups is 1. The van der Waals surface area contributed by atoms with Crippen LogP contribution in [0.5, 0.6) is 0 Å². The van der Waals surface area contributed by atoms with Crippen molar-refractivity contribution in [2.75, 3.05) is 18.0 Å². The second-order valence-electron chi connectivity index (χ2n) is 7.76. The fourth-order valence-corrected chi connectivity index (χ4v) is 3.16. The van der Waals surface area contributed by atoms with Crippen molar-refractivity contribution in [1.82, 2.24) is 25.5 Å². The van der Waals surface area contributed by atoms with E-state index in [9.17, 15) is 19.7 Å². The van der Waals surface area contributed by atoms with Gasteiger partial charge < -0.3 is 15.0 Å². The standard InChI is InChI=1S/C17H23N7O5/c1-17(2,3)29-16(26)18-11-6-8-22(9-7-11)14-10-12(4-5-13(14)24(27)28)23-15(25)19-20-21-23/h4-5,10-11H,6-9H2,1-3H3,(H,18,26)(H,19,21,25). The summed E-state index contributed by atoms with van der Waals surface area (Å²) in [6, 6.07) is 4.25. The first kappa shape index (κ1) is 20.3. The van der Waals surface area contributed by atoms with Gasteiger partial charge in [-0.25, -0.2) is 14.7 Å². The monoisotopic (exact) mass is 405 g/mol. The van der Waals surface area contributed by atoms with E-state index in [1.54, 1.807) is 26.8 Å². The minimum Gasteiger partial charge on any atom is -0.444 e. The number of tetrazole rings is 1. The van der Waals surface area contributed by atoms with Crippen LogP contribution in [-0.4, -0.2) is 56.0 Å². The molecule has 1 aromatic carbocycles. The zero-order chi connectivity index (χ0) is 21.2. The molecule has 0 bridgehead atoms. The number of anilines is 1. The number of hydrogen-bond acceptors (Lipinski definition) is 8. The summed E-state index contributed by atoms with van der Waals surface area (Å²) in [5, 5.41) is 23.6. The van der Waals surface area contributed by atoms with Crippen LogP contribution in [0.25, 0.3) is 5.69 Å². The lowest BCUT2D eigenvalue weighted by atomic mass is 10.0. The van der Waals surface area contributed by atoms with Gasteiger partial charge in [0.1, 0.15) is 11.3 Å². The van der Waals surface area contributed by atoms with Gasteiger partial charge >= 0.3 is 11.8 Å². The van der Waals surface area contributed by atoms with Crippen molar-refractivity contribution < 1.29 is 14.5 Å². The molecule has 1 aromatic heterocycles. The number of nitro benzene ring substituents is 1. The highest BCUT2D eigenvalue weighted by molar-refractivity contribution is 5.69. The summed E-state index contributed by atoms with van der Waals surface area (Å²) < 4.78 is 6.30. The van der Waals surface area contributed by atoms with Crippen LogP contribution in [0.2, 0.25) is 0 Å². The third-order valence-corrected chi connectivity index (χ3v) is 4.43. The van der Waals surface area contributed by atoms with E-state index in [1.165, 1.54) is 12.1 Å². The quantitative estimate of drug-likeness (QED) is 0.572. The average Bonchev–Trinajstić information content (AvgIpc) is 3.06. The maximum atomic E-state index is 11.9. The number of aromatic amines is 1. The fraction of sp³-hybridized carbons (Fsp3) is 0.529. The van der Waals surface area contributed by atoms with Gasteiger partial charge in [-0.1, -0.05) is 0 Å². The SMILES string of the molecule is CC(C)(C)OC(=O)NC1CCN(c2cc(-n3nn[nH]c3=O)ccc2[N+](=O)[O-])CC1. The van der Waals surface area contributed by atoms with Gasteiger partial charge in [0.05, 0.1) is 10.6 Å². The van der Waals surface area contributed by atoms with E-state index in [4.69, 9.17) is 4.74 Å². The van der Waals surface area contributed by atoms with Crippen molar-refractivity contribution in [3.63, 3.8) is 0 Å². The summed E-state index contributed by atoms with van der Waals surface area (Å²) in [5.41, 5.74) is -0.421. The molecule has 0 atom stereocenters. The van der Waals surface area contributed by atoms with Crippen LogP contribution in [0.3, 0.4) is 0 Å². The van der Waals surface area contributed by atoms with E-state index in [2.05, 4.69) is 20.8 Å². The Morgan fingerprint density at radius 3 is 2.59 bits per heavy atom. The summed E-state index contributed by atoms with van der Waals surface area (Å²) >= 11 is 0. The van der Waals surface area contributed by atoms with Crippen molar-refractivity contribution in [2.24, 2.45) is 0 Å². The van der Waals surface area contributed by atoms with Crippen LogP contribution in [0.4, 0.5) is 16.2 Å². The van der Waals surface area contributed by atoms with Crippen molar-refractivity contribution in [1.29, 1.82) is 0 Å². The molecule has 12 nitrogen and oxygen atoms in total. The molecule has 1 saturated heterocycles. The van der Waals surface area contributed by atoms with Crippen LogP contribution in [-0.2, 0) is 4.74 Å². The average molecular weight is 405 g/mol. The molecule has 1 fully saturated rings. The molecule has 2 aromatic rings. The maximum Gasteiger partial charge on any atom is 0.407 e. The Labute approximate surface area is 166 Å². The summed E-state index contributed by atoms with van der Waals surface area (Å²) in [7, 11) is 0. The summed E-state index contributed by atoms with van der Waals surface area (Å²) in [6.07, 6.45) is 0.726. The lowest BCUT2D eigenvalue weighted by Crippen LogP contribution is -2.46. The van der Waals surface area contributed by atoms with E-state index in [0.29, 0.717) is 37.3 Å². The third kappa shape index (κ3) is 4.89. The number of nitrogens with zero attached hydrogens (tertiary/aromatic N) is 5. The molecule has 0 aliphatic carbocycles. The highest BCUT2D eigenvalue weighted by Gasteiger charge is 2.27. The van der Waals surface area contributed by atoms with Crippen molar-refractivity contribution >= 4 is 17.5 Å². The van der Waals surface area contributed by atoms with Crippen LogP contribution in [0.15, 0.2) is 23.0 Å². The van der Waals surface area contributed by atoms with E-state index < -0.39 is 22.3 Å². The Morgan fingerprint density at radius 1 is 1.34 bits per heavy atom. The van der Waals surface area contributed by atoms with Crippen molar-refractivity contribution in [3.05, 3.63) is 38.8 Å². The van der Waals surface area contributed by atoms with Gasteiger partial charge in [0.2, 0.25) is 0 Å². The minimum absolute atomic E-state index is 0.0659. The number of benzene rings is 1. The molecule has 0 radical (unpaired) electrons. The zero-order valence-electron chi connectivity index (χ0n) is 16.4. The van der Waals surface area contributed by atoms with Crippen molar-refractivity contribution in [2.45, 2.75) is 45.3 Å². The first-order valence-electron chi connectivity index (χ1n) is 9.18. The number of nitro groups is 1.